The van der Waals surface area contributed by atoms with Gasteiger partial charge in [-0.25, -0.2) is 5.84 Å². The number of aliphatic carboxylic acids is 1. The fourth-order valence-electron chi connectivity index (χ4n) is 1.47. The molecule has 1 amide bonds. The SMILES string of the molecule is CC(C)OCC(O)CC(CCC(=O)O)C(=O)NN.NN. The molecular formula is C11H26N4O5. The molecule has 0 heterocycles. The van der Waals surface area contributed by atoms with Gasteiger partial charge in [-0.1, -0.05) is 0 Å². The molecule has 0 aliphatic rings. The number of nitrogens with two attached hydrogens (primary N) is 3. The molecule has 0 rings (SSSR count). The molecule has 20 heavy (non-hydrogen) atoms. The lowest BCUT2D eigenvalue weighted by molar-refractivity contribution is -0.137. The van der Waals surface area contributed by atoms with E-state index in [1.165, 1.54) is 0 Å². The maximum absolute atomic E-state index is 11.4. The number of hydrogen-bond acceptors (Lipinski definition) is 7. The van der Waals surface area contributed by atoms with Crippen molar-refractivity contribution in [1.29, 1.82) is 0 Å². The number of carboxylic acids is 1. The van der Waals surface area contributed by atoms with Crippen molar-refractivity contribution in [2.45, 2.75) is 45.3 Å². The zero-order chi connectivity index (χ0) is 16.1. The van der Waals surface area contributed by atoms with Gasteiger partial charge in [0.2, 0.25) is 5.91 Å². The van der Waals surface area contributed by atoms with E-state index < -0.39 is 23.9 Å². The van der Waals surface area contributed by atoms with E-state index >= 15 is 0 Å². The molecule has 0 fully saturated rings. The topological polar surface area (TPSA) is 174 Å². The van der Waals surface area contributed by atoms with Gasteiger partial charge in [0.25, 0.3) is 0 Å². The fraction of sp³-hybridized carbons (Fsp3) is 0.818. The molecule has 0 aliphatic carbocycles. The minimum Gasteiger partial charge on any atom is -0.481 e. The number of carbonyl (C=O) groups is 2. The quantitative estimate of drug-likeness (QED) is 0.168. The van der Waals surface area contributed by atoms with Crippen LogP contribution in [0.1, 0.15) is 33.1 Å². The van der Waals surface area contributed by atoms with E-state index in [9.17, 15) is 14.7 Å². The van der Waals surface area contributed by atoms with E-state index in [-0.39, 0.29) is 32.0 Å². The van der Waals surface area contributed by atoms with Gasteiger partial charge in [-0.3, -0.25) is 26.7 Å². The molecule has 0 aromatic heterocycles. The summed E-state index contributed by atoms with van der Waals surface area (Å²) < 4.78 is 5.21. The van der Waals surface area contributed by atoms with Gasteiger partial charge in [-0.2, -0.15) is 0 Å². The molecule has 9 heteroatoms. The van der Waals surface area contributed by atoms with E-state index in [2.05, 4.69) is 11.7 Å². The van der Waals surface area contributed by atoms with Gasteiger partial charge in [0.15, 0.2) is 0 Å². The third kappa shape index (κ3) is 11.8. The molecule has 0 saturated heterocycles. The van der Waals surface area contributed by atoms with Gasteiger partial charge in [-0.05, 0) is 26.7 Å². The number of amides is 1. The lowest BCUT2D eigenvalue weighted by Crippen LogP contribution is -2.38. The van der Waals surface area contributed by atoms with Crippen molar-refractivity contribution >= 4 is 11.9 Å². The summed E-state index contributed by atoms with van der Waals surface area (Å²) in [5.41, 5.74) is 1.98. The maximum atomic E-state index is 11.4. The van der Waals surface area contributed by atoms with Gasteiger partial charge >= 0.3 is 5.97 Å². The van der Waals surface area contributed by atoms with Crippen LogP contribution in [0.5, 0.6) is 0 Å². The first-order chi connectivity index (χ1) is 9.36. The highest BCUT2D eigenvalue weighted by molar-refractivity contribution is 5.78. The van der Waals surface area contributed by atoms with Crippen LogP contribution in [0.15, 0.2) is 0 Å². The maximum Gasteiger partial charge on any atom is 0.303 e. The van der Waals surface area contributed by atoms with Gasteiger partial charge in [0.05, 0.1) is 18.8 Å². The second kappa shape index (κ2) is 12.8. The number of ether oxygens (including phenoxy) is 1. The minimum atomic E-state index is -0.988. The van der Waals surface area contributed by atoms with Crippen molar-refractivity contribution in [1.82, 2.24) is 5.43 Å². The number of carbonyl (C=O) groups excluding carboxylic acids is 1. The van der Waals surface area contributed by atoms with E-state index in [1.807, 2.05) is 19.3 Å². The Labute approximate surface area is 118 Å². The first-order valence-corrected chi connectivity index (χ1v) is 6.22. The monoisotopic (exact) mass is 294 g/mol. The predicted molar refractivity (Wildman–Crippen MR) is 72.8 cm³/mol. The van der Waals surface area contributed by atoms with Crippen molar-refractivity contribution in [2.24, 2.45) is 23.4 Å². The Hall–Kier alpha value is -1.26. The molecule has 0 aromatic rings. The van der Waals surface area contributed by atoms with Gasteiger partial charge in [0.1, 0.15) is 0 Å². The van der Waals surface area contributed by atoms with Crippen LogP contribution >= 0.6 is 0 Å². The van der Waals surface area contributed by atoms with E-state index in [0.29, 0.717) is 0 Å². The Kier molecular flexibility index (Phi) is 13.4. The van der Waals surface area contributed by atoms with Crippen LogP contribution in [0.25, 0.3) is 0 Å². The average Bonchev–Trinajstić information content (AvgIpc) is 2.42. The van der Waals surface area contributed by atoms with Crippen molar-refractivity contribution in [3.8, 4) is 0 Å². The third-order valence-corrected chi connectivity index (χ3v) is 2.40. The lowest BCUT2D eigenvalue weighted by Gasteiger charge is -2.19. The summed E-state index contributed by atoms with van der Waals surface area (Å²) in [5.74, 6) is 10.9. The molecule has 0 aliphatic heterocycles. The first-order valence-electron chi connectivity index (χ1n) is 6.22. The number of rotatable bonds is 9. The minimum absolute atomic E-state index is 0.0135. The molecule has 2 unspecified atom stereocenters. The Morgan fingerprint density at radius 2 is 1.85 bits per heavy atom. The van der Waals surface area contributed by atoms with Gasteiger partial charge < -0.3 is 14.9 Å². The molecule has 9 N–H and O–H groups in total. The largest absolute Gasteiger partial charge is 0.481 e. The zero-order valence-electron chi connectivity index (χ0n) is 11.9. The number of hydrogen-bond donors (Lipinski definition) is 6. The molecule has 0 bridgehead atoms. The van der Waals surface area contributed by atoms with Crippen LogP contribution in [0.4, 0.5) is 0 Å². The molecule has 0 aromatic carbocycles. The molecule has 0 spiro atoms. The van der Waals surface area contributed by atoms with Crippen LogP contribution < -0.4 is 23.0 Å². The predicted octanol–water partition coefficient (Wildman–Crippen LogP) is -1.55. The number of aliphatic hydroxyl groups is 1. The number of carboxylic acid groups (broad SMARTS) is 1. The molecule has 120 valence electrons. The second-order valence-electron chi connectivity index (χ2n) is 4.41. The van der Waals surface area contributed by atoms with Crippen molar-refractivity contribution in [3.63, 3.8) is 0 Å². The molecule has 2 atom stereocenters. The third-order valence-electron chi connectivity index (χ3n) is 2.40. The average molecular weight is 294 g/mol. The first kappa shape index (κ1) is 21.0. The van der Waals surface area contributed by atoms with Gasteiger partial charge in [0, 0.05) is 12.3 Å². The number of aliphatic hydroxyl groups excluding tert-OH is 1. The molecule has 9 nitrogen and oxygen atoms in total. The van der Waals surface area contributed by atoms with Crippen molar-refractivity contribution in [3.05, 3.63) is 0 Å². The lowest BCUT2D eigenvalue weighted by atomic mass is 9.95. The highest BCUT2D eigenvalue weighted by Gasteiger charge is 2.22. The van der Waals surface area contributed by atoms with Crippen molar-refractivity contribution < 1.29 is 24.5 Å². The summed E-state index contributed by atoms with van der Waals surface area (Å²) in [4.78, 5) is 21.9. The summed E-state index contributed by atoms with van der Waals surface area (Å²) in [7, 11) is 0. The number of hydrazine groups is 2. The van der Waals surface area contributed by atoms with Crippen LogP contribution in [0.3, 0.4) is 0 Å². The van der Waals surface area contributed by atoms with E-state index in [4.69, 9.17) is 15.7 Å². The normalized spacial score (nSPS) is 13.2. The Morgan fingerprint density at radius 1 is 1.30 bits per heavy atom. The van der Waals surface area contributed by atoms with Crippen LogP contribution in [-0.4, -0.2) is 40.9 Å². The van der Waals surface area contributed by atoms with Crippen molar-refractivity contribution in [2.75, 3.05) is 6.61 Å². The second-order valence-corrected chi connectivity index (χ2v) is 4.41. The van der Waals surface area contributed by atoms with E-state index in [1.54, 1.807) is 0 Å². The van der Waals surface area contributed by atoms with Crippen LogP contribution in [-0.2, 0) is 14.3 Å². The summed E-state index contributed by atoms with van der Waals surface area (Å²) in [5, 5.41) is 18.3. The highest BCUT2D eigenvalue weighted by atomic mass is 16.5. The Bertz CT molecular complexity index is 276. The molecule has 0 saturated carbocycles. The fourth-order valence-corrected chi connectivity index (χ4v) is 1.47. The summed E-state index contributed by atoms with van der Waals surface area (Å²) >= 11 is 0. The smallest absolute Gasteiger partial charge is 0.303 e. The molecule has 0 radical (unpaired) electrons. The number of nitrogens with one attached hydrogen (secondary N) is 1. The Morgan fingerprint density at radius 3 is 2.25 bits per heavy atom. The highest BCUT2D eigenvalue weighted by Crippen LogP contribution is 2.14. The van der Waals surface area contributed by atoms with Gasteiger partial charge in [-0.15, -0.1) is 0 Å². The summed E-state index contributed by atoms with van der Waals surface area (Å²) in [6.45, 7) is 3.78. The van der Waals surface area contributed by atoms with E-state index in [0.717, 1.165) is 0 Å². The summed E-state index contributed by atoms with van der Waals surface area (Å²) in [6.07, 6.45) is -0.709. The Balaban J connectivity index is 0. The summed E-state index contributed by atoms with van der Waals surface area (Å²) in [6, 6.07) is 0. The van der Waals surface area contributed by atoms with Crippen LogP contribution in [0, 0.1) is 5.92 Å². The molecular weight excluding hydrogens is 268 g/mol. The van der Waals surface area contributed by atoms with Crippen LogP contribution in [0.2, 0.25) is 0 Å². The standard InChI is InChI=1S/C11H22N2O5.H4N2/c1-7(2)18-6-9(14)5-8(11(17)13-12)3-4-10(15)16;1-2/h7-9,14H,3-6,12H2,1-2H3,(H,13,17)(H,15,16);1-2H2. The zero-order valence-corrected chi connectivity index (χ0v) is 11.9.